The zero-order valence-corrected chi connectivity index (χ0v) is 8.44. The molecule has 0 N–H and O–H groups in total. The highest BCUT2D eigenvalue weighted by atomic mass is 32.1. The molecule has 1 heterocycles. The minimum absolute atomic E-state index is 1.10. The Morgan fingerprint density at radius 2 is 1.36 bits per heavy atom. The summed E-state index contributed by atoms with van der Waals surface area (Å²) in [5.74, 6) is 0. The molecule has 0 bridgehead atoms. The fourth-order valence-electron chi connectivity index (χ4n) is 1.04. The maximum atomic E-state index is 4.23. The summed E-state index contributed by atoms with van der Waals surface area (Å²) in [5.41, 5.74) is 3.50. The van der Waals surface area contributed by atoms with Gasteiger partial charge in [-0.15, -0.1) is 0 Å². The van der Waals surface area contributed by atoms with Crippen molar-refractivity contribution in [2.45, 2.75) is 20.8 Å². The van der Waals surface area contributed by atoms with E-state index in [4.69, 9.17) is 0 Å². The van der Waals surface area contributed by atoms with Crippen LogP contribution in [0.15, 0.2) is 12.1 Å². The van der Waals surface area contributed by atoms with Crippen LogP contribution in [0.25, 0.3) is 0 Å². The highest BCUT2D eigenvalue weighted by molar-refractivity contribution is 7.79. The summed E-state index contributed by atoms with van der Waals surface area (Å²) in [4.78, 5) is 4.23. The minimum atomic E-state index is 1.10. The van der Waals surface area contributed by atoms with Crippen molar-refractivity contribution in [3.63, 3.8) is 0 Å². The Balaban J connectivity index is 0.000000461. The third-order valence-corrected chi connectivity index (χ3v) is 1.23. The van der Waals surface area contributed by atoms with Gasteiger partial charge in [0.15, 0.2) is 0 Å². The van der Waals surface area contributed by atoms with Gasteiger partial charge in [0.2, 0.25) is 0 Å². The zero-order chi connectivity index (χ0) is 8.85. The zero-order valence-electron chi connectivity index (χ0n) is 7.55. The quantitative estimate of drug-likeness (QED) is 0.589. The lowest BCUT2D eigenvalue weighted by Crippen LogP contribution is -1.85. The van der Waals surface area contributed by atoms with Crippen LogP contribution in [0.3, 0.4) is 0 Å². The van der Waals surface area contributed by atoms with Crippen LogP contribution < -0.4 is 0 Å². The van der Waals surface area contributed by atoms with Gasteiger partial charge in [-0.3, -0.25) is 4.98 Å². The fourth-order valence-corrected chi connectivity index (χ4v) is 1.04. The average molecular weight is 169 g/mol. The standard InChI is InChI=1S/C8H11N.CH4S/c1-6-4-7(2)9-8(3)5-6;1-2/h4-5H,1-3H3;2H,1H3. The second-order valence-electron chi connectivity index (χ2n) is 2.43. The van der Waals surface area contributed by atoms with Gasteiger partial charge in [-0.25, -0.2) is 0 Å². The van der Waals surface area contributed by atoms with E-state index in [1.165, 1.54) is 5.56 Å². The topological polar surface area (TPSA) is 12.9 Å². The SMILES string of the molecule is CS.Cc1cc(C)nc(C)c1. The first-order chi connectivity index (χ1) is 5.18. The second kappa shape index (κ2) is 5.19. The Morgan fingerprint density at radius 3 is 1.64 bits per heavy atom. The average Bonchev–Trinajstić information content (AvgIpc) is 1.88. The summed E-state index contributed by atoms with van der Waals surface area (Å²) in [5, 5.41) is 0. The van der Waals surface area contributed by atoms with Crippen molar-refractivity contribution in [2.24, 2.45) is 0 Å². The van der Waals surface area contributed by atoms with Crippen LogP contribution in [-0.2, 0) is 0 Å². The number of hydrogen-bond donors (Lipinski definition) is 1. The smallest absolute Gasteiger partial charge is 0.0378 e. The number of rotatable bonds is 0. The van der Waals surface area contributed by atoms with E-state index in [0.29, 0.717) is 0 Å². The van der Waals surface area contributed by atoms with E-state index in [2.05, 4.69) is 36.7 Å². The number of hydrogen-bond acceptors (Lipinski definition) is 2. The van der Waals surface area contributed by atoms with E-state index >= 15 is 0 Å². The molecule has 1 aromatic heterocycles. The maximum Gasteiger partial charge on any atom is 0.0378 e. The number of nitrogens with zero attached hydrogens (tertiary/aromatic N) is 1. The Kier molecular flexibility index (Phi) is 4.95. The first-order valence-corrected chi connectivity index (χ1v) is 4.44. The van der Waals surface area contributed by atoms with Gasteiger partial charge in [0.1, 0.15) is 0 Å². The van der Waals surface area contributed by atoms with E-state index in [-0.39, 0.29) is 0 Å². The molecule has 0 aliphatic rings. The molecule has 2 heteroatoms. The second-order valence-corrected chi connectivity index (χ2v) is 2.43. The highest BCUT2D eigenvalue weighted by Crippen LogP contribution is 2.01. The number of aryl methyl sites for hydroxylation is 3. The normalized spacial score (nSPS) is 8.45. The summed E-state index contributed by atoms with van der Waals surface area (Å²) < 4.78 is 0. The first kappa shape index (κ1) is 10.5. The molecule has 0 fully saturated rings. The van der Waals surface area contributed by atoms with Crippen LogP contribution in [0.2, 0.25) is 0 Å². The lowest BCUT2D eigenvalue weighted by molar-refractivity contribution is 1.10. The van der Waals surface area contributed by atoms with Crippen LogP contribution in [0.4, 0.5) is 0 Å². The van der Waals surface area contributed by atoms with Gasteiger partial charge in [-0.1, -0.05) is 0 Å². The summed E-state index contributed by atoms with van der Waals surface area (Å²) in [6.07, 6.45) is 1.69. The van der Waals surface area contributed by atoms with E-state index in [9.17, 15) is 0 Å². The predicted octanol–water partition coefficient (Wildman–Crippen LogP) is 2.55. The van der Waals surface area contributed by atoms with Crippen molar-refractivity contribution in [1.82, 2.24) is 4.98 Å². The summed E-state index contributed by atoms with van der Waals surface area (Å²) in [6, 6.07) is 4.15. The third-order valence-electron chi connectivity index (χ3n) is 1.23. The van der Waals surface area contributed by atoms with Gasteiger partial charge in [-0.05, 0) is 44.7 Å². The number of aromatic nitrogens is 1. The van der Waals surface area contributed by atoms with E-state index in [0.717, 1.165) is 11.4 Å². The van der Waals surface area contributed by atoms with E-state index in [1.807, 2.05) is 13.8 Å². The molecule has 1 aromatic rings. The molecule has 0 saturated carbocycles. The van der Waals surface area contributed by atoms with E-state index in [1.54, 1.807) is 6.26 Å². The van der Waals surface area contributed by atoms with Crippen molar-refractivity contribution in [2.75, 3.05) is 6.26 Å². The van der Waals surface area contributed by atoms with Crippen molar-refractivity contribution in [3.05, 3.63) is 29.1 Å². The van der Waals surface area contributed by atoms with Gasteiger partial charge in [0.05, 0.1) is 0 Å². The van der Waals surface area contributed by atoms with Crippen molar-refractivity contribution in [1.29, 1.82) is 0 Å². The molecule has 0 atom stereocenters. The molecule has 0 saturated heterocycles. The molecule has 0 aromatic carbocycles. The summed E-state index contributed by atoms with van der Waals surface area (Å²) in [6.45, 7) is 6.11. The van der Waals surface area contributed by atoms with Gasteiger partial charge >= 0.3 is 0 Å². The highest BCUT2D eigenvalue weighted by Gasteiger charge is 1.88. The molecule has 0 unspecified atom stereocenters. The van der Waals surface area contributed by atoms with E-state index < -0.39 is 0 Å². The molecule has 62 valence electrons. The number of thiol groups is 1. The molecule has 0 aliphatic carbocycles. The Hall–Kier alpha value is -0.500. The molecule has 11 heavy (non-hydrogen) atoms. The third kappa shape index (κ3) is 4.04. The molecule has 1 nitrogen and oxygen atoms in total. The van der Waals surface area contributed by atoms with Gasteiger partial charge in [0.25, 0.3) is 0 Å². The minimum Gasteiger partial charge on any atom is -0.258 e. The Labute approximate surface area is 74.3 Å². The van der Waals surface area contributed by atoms with Crippen LogP contribution >= 0.6 is 12.6 Å². The first-order valence-electron chi connectivity index (χ1n) is 3.55. The monoisotopic (exact) mass is 169 g/mol. The van der Waals surface area contributed by atoms with Gasteiger partial charge in [-0.2, -0.15) is 12.6 Å². The summed E-state index contributed by atoms with van der Waals surface area (Å²) >= 11 is 3.53. The van der Waals surface area contributed by atoms with Crippen LogP contribution in [0.1, 0.15) is 17.0 Å². The summed E-state index contributed by atoms with van der Waals surface area (Å²) in [7, 11) is 0. The lowest BCUT2D eigenvalue weighted by atomic mass is 10.2. The lowest BCUT2D eigenvalue weighted by Gasteiger charge is -1.96. The van der Waals surface area contributed by atoms with Crippen molar-refractivity contribution >= 4 is 12.6 Å². The molecular formula is C9H15NS. The van der Waals surface area contributed by atoms with Gasteiger partial charge in [0, 0.05) is 11.4 Å². The molecule has 1 rings (SSSR count). The molecule has 0 amide bonds. The van der Waals surface area contributed by atoms with Crippen molar-refractivity contribution < 1.29 is 0 Å². The molecule has 0 aliphatic heterocycles. The number of pyridine rings is 1. The molecule has 0 radical (unpaired) electrons. The Bertz CT molecular complexity index is 170. The van der Waals surface area contributed by atoms with Gasteiger partial charge < -0.3 is 0 Å². The van der Waals surface area contributed by atoms with Crippen molar-refractivity contribution in [3.8, 4) is 0 Å². The fraction of sp³-hybridized carbons (Fsp3) is 0.444. The van der Waals surface area contributed by atoms with Crippen LogP contribution in [-0.4, -0.2) is 11.2 Å². The molecular weight excluding hydrogens is 154 g/mol. The maximum absolute atomic E-state index is 4.23. The molecule has 0 spiro atoms. The predicted molar refractivity (Wildman–Crippen MR) is 53.4 cm³/mol. The largest absolute Gasteiger partial charge is 0.258 e. The Morgan fingerprint density at radius 1 is 1.00 bits per heavy atom. The van der Waals surface area contributed by atoms with Crippen LogP contribution in [0.5, 0.6) is 0 Å². The van der Waals surface area contributed by atoms with Crippen LogP contribution in [0, 0.1) is 20.8 Å².